The summed E-state index contributed by atoms with van der Waals surface area (Å²) in [5.74, 6) is 0.484. The van der Waals surface area contributed by atoms with Crippen LogP contribution in [-0.4, -0.2) is 47.3 Å². The molecule has 7 nitrogen and oxygen atoms in total. The minimum absolute atomic E-state index is 0.0183. The standard InChI is InChI=1S/C20H26N4O3S/c1-15-7-9-23(10-8-15)28(26,27)19-12-22(14-21-19)13-20(25)24-16(2)11-17-5-3-4-6-18(17)24/h3-6,12,14-16H,7-11,13H2,1-2H3/t16-/m1/s1. The van der Waals surface area contributed by atoms with Crippen LogP contribution in [0, 0.1) is 5.92 Å². The van der Waals surface area contributed by atoms with Crippen LogP contribution in [0.4, 0.5) is 5.69 Å². The van der Waals surface area contributed by atoms with Crippen molar-refractivity contribution < 1.29 is 13.2 Å². The normalized spacial score (nSPS) is 21.1. The van der Waals surface area contributed by atoms with Gasteiger partial charge in [0, 0.05) is 31.0 Å². The molecule has 150 valence electrons. The Bertz CT molecular complexity index is 977. The van der Waals surface area contributed by atoms with Crippen molar-refractivity contribution in [2.24, 2.45) is 5.92 Å². The maximum absolute atomic E-state index is 12.9. The summed E-state index contributed by atoms with van der Waals surface area (Å²) in [5, 5.41) is 0.0183. The van der Waals surface area contributed by atoms with Gasteiger partial charge in [-0.25, -0.2) is 13.4 Å². The predicted octanol–water partition coefficient (Wildman–Crippen LogP) is 2.28. The lowest BCUT2D eigenvalue weighted by atomic mass is 10.0. The highest BCUT2D eigenvalue weighted by Crippen LogP contribution is 2.32. The topological polar surface area (TPSA) is 75.5 Å². The van der Waals surface area contributed by atoms with Gasteiger partial charge >= 0.3 is 0 Å². The molecule has 1 amide bonds. The number of amides is 1. The molecule has 0 unspecified atom stereocenters. The highest BCUT2D eigenvalue weighted by molar-refractivity contribution is 7.89. The molecule has 2 aromatic rings. The average molecular weight is 403 g/mol. The molecule has 0 saturated carbocycles. The van der Waals surface area contributed by atoms with Crippen LogP contribution in [0.3, 0.4) is 0 Å². The maximum Gasteiger partial charge on any atom is 0.262 e. The number of carbonyl (C=O) groups is 1. The van der Waals surface area contributed by atoms with Crippen LogP contribution in [0.25, 0.3) is 0 Å². The molecule has 0 aliphatic carbocycles. The first-order valence-electron chi connectivity index (χ1n) is 9.78. The highest BCUT2D eigenvalue weighted by Gasteiger charge is 2.32. The second kappa shape index (κ2) is 7.33. The van der Waals surface area contributed by atoms with Gasteiger partial charge in [0.05, 0.1) is 6.33 Å². The van der Waals surface area contributed by atoms with E-state index in [-0.39, 0.29) is 23.5 Å². The molecule has 3 heterocycles. The lowest BCUT2D eigenvalue weighted by molar-refractivity contribution is -0.119. The SMILES string of the molecule is CC1CCN(S(=O)(=O)c2cn(CC(=O)N3c4ccccc4C[C@H]3C)cn2)CC1. The number of fused-ring (bicyclic) bond motifs is 1. The van der Waals surface area contributed by atoms with Gasteiger partial charge in [-0.1, -0.05) is 25.1 Å². The van der Waals surface area contributed by atoms with E-state index in [1.807, 2.05) is 31.2 Å². The summed E-state index contributed by atoms with van der Waals surface area (Å²) < 4.78 is 28.7. The van der Waals surface area contributed by atoms with Gasteiger partial charge in [0.1, 0.15) is 6.54 Å². The molecule has 1 fully saturated rings. The Morgan fingerprint density at radius 2 is 1.89 bits per heavy atom. The molecule has 2 aliphatic rings. The largest absolute Gasteiger partial charge is 0.327 e. The third-order valence-corrected chi connectivity index (χ3v) is 7.53. The van der Waals surface area contributed by atoms with Crippen molar-refractivity contribution in [3.63, 3.8) is 0 Å². The number of nitrogens with zero attached hydrogens (tertiary/aromatic N) is 4. The van der Waals surface area contributed by atoms with Crippen LogP contribution >= 0.6 is 0 Å². The Morgan fingerprint density at radius 3 is 2.64 bits per heavy atom. The summed E-state index contributed by atoms with van der Waals surface area (Å²) in [6.45, 7) is 5.29. The molecule has 1 aromatic carbocycles. The number of carbonyl (C=O) groups excluding carboxylic acids is 1. The number of aromatic nitrogens is 2. The number of piperidine rings is 1. The van der Waals surface area contributed by atoms with Crippen molar-refractivity contribution in [1.82, 2.24) is 13.9 Å². The van der Waals surface area contributed by atoms with Crippen molar-refractivity contribution in [3.8, 4) is 0 Å². The molecule has 0 N–H and O–H groups in total. The van der Waals surface area contributed by atoms with Crippen molar-refractivity contribution in [2.45, 2.75) is 50.7 Å². The monoisotopic (exact) mass is 402 g/mol. The number of rotatable bonds is 4. The number of sulfonamides is 1. The summed E-state index contributed by atoms with van der Waals surface area (Å²) in [7, 11) is -3.60. The van der Waals surface area contributed by atoms with E-state index in [0.717, 1.165) is 30.5 Å². The quantitative estimate of drug-likeness (QED) is 0.786. The van der Waals surface area contributed by atoms with E-state index in [1.165, 1.54) is 16.8 Å². The number of hydrogen-bond donors (Lipinski definition) is 0. The third kappa shape index (κ3) is 3.46. The molecule has 2 aliphatic heterocycles. The maximum atomic E-state index is 12.9. The third-order valence-electron chi connectivity index (χ3n) is 5.75. The lowest BCUT2D eigenvalue weighted by Crippen LogP contribution is -2.38. The number of benzene rings is 1. The molecule has 1 aromatic heterocycles. The average Bonchev–Trinajstić information content (AvgIpc) is 3.25. The fourth-order valence-corrected chi connectivity index (χ4v) is 5.50. The minimum Gasteiger partial charge on any atom is -0.327 e. The van der Waals surface area contributed by atoms with Gasteiger partial charge in [-0.2, -0.15) is 4.31 Å². The Labute approximate surface area is 166 Å². The van der Waals surface area contributed by atoms with E-state index >= 15 is 0 Å². The molecule has 1 atom stereocenters. The van der Waals surface area contributed by atoms with Gasteiger partial charge < -0.3 is 9.47 Å². The fraction of sp³-hybridized carbons (Fsp3) is 0.500. The van der Waals surface area contributed by atoms with E-state index in [4.69, 9.17) is 0 Å². The second-order valence-corrected chi connectivity index (χ2v) is 9.80. The van der Waals surface area contributed by atoms with Crippen molar-refractivity contribution in [2.75, 3.05) is 18.0 Å². The first kappa shape index (κ1) is 19.1. The van der Waals surface area contributed by atoms with Crippen molar-refractivity contribution in [3.05, 3.63) is 42.4 Å². The van der Waals surface area contributed by atoms with Gasteiger partial charge in [0.25, 0.3) is 10.0 Å². The van der Waals surface area contributed by atoms with E-state index < -0.39 is 10.0 Å². The van der Waals surface area contributed by atoms with E-state index in [1.54, 1.807) is 9.47 Å². The molecule has 0 spiro atoms. The zero-order valence-electron chi connectivity index (χ0n) is 16.3. The van der Waals surface area contributed by atoms with E-state index in [2.05, 4.69) is 11.9 Å². The number of hydrogen-bond acceptors (Lipinski definition) is 4. The minimum atomic E-state index is -3.60. The Hall–Kier alpha value is -2.19. The number of anilines is 1. The van der Waals surface area contributed by atoms with Crippen LogP contribution in [0.1, 0.15) is 32.3 Å². The molecule has 1 saturated heterocycles. The first-order valence-corrected chi connectivity index (χ1v) is 11.2. The van der Waals surface area contributed by atoms with Gasteiger partial charge in [-0.3, -0.25) is 4.79 Å². The lowest BCUT2D eigenvalue weighted by Gasteiger charge is -2.28. The summed E-state index contributed by atoms with van der Waals surface area (Å²) in [4.78, 5) is 18.8. The molecule has 4 rings (SSSR count). The van der Waals surface area contributed by atoms with Crippen LogP contribution in [0.2, 0.25) is 0 Å². The summed E-state index contributed by atoms with van der Waals surface area (Å²) in [6, 6.07) is 8.00. The van der Waals surface area contributed by atoms with E-state index in [0.29, 0.717) is 19.0 Å². The highest BCUT2D eigenvalue weighted by atomic mass is 32.2. The molecule has 8 heteroatoms. The number of imidazole rings is 1. The number of para-hydroxylation sites is 1. The fourth-order valence-electron chi connectivity index (χ4n) is 4.09. The zero-order valence-corrected chi connectivity index (χ0v) is 17.1. The molecular weight excluding hydrogens is 376 g/mol. The summed E-state index contributed by atoms with van der Waals surface area (Å²) >= 11 is 0. The van der Waals surface area contributed by atoms with Gasteiger partial charge in [0.2, 0.25) is 5.91 Å². The van der Waals surface area contributed by atoms with Crippen LogP contribution < -0.4 is 4.90 Å². The Balaban J connectivity index is 1.49. The van der Waals surface area contributed by atoms with Crippen LogP contribution in [-0.2, 0) is 27.8 Å². The molecule has 0 radical (unpaired) electrons. The second-order valence-electron chi connectivity index (χ2n) is 7.92. The molecular formula is C20H26N4O3S. The van der Waals surface area contributed by atoms with Crippen molar-refractivity contribution >= 4 is 21.6 Å². The van der Waals surface area contributed by atoms with E-state index in [9.17, 15) is 13.2 Å². The Morgan fingerprint density at radius 1 is 1.18 bits per heavy atom. The molecule has 28 heavy (non-hydrogen) atoms. The van der Waals surface area contributed by atoms with Crippen molar-refractivity contribution in [1.29, 1.82) is 0 Å². The smallest absolute Gasteiger partial charge is 0.262 e. The first-order chi connectivity index (χ1) is 13.4. The Kier molecular flexibility index (Phi) is 5.01. The molecule has 0 bridgehead atoms. The van der Waals surface area contributed by atoms with Gasteiger partial charge in [-0.15, -0.1) is 0 Å². The summed E-state index contributed by atoms with van der Waals surface area (Å²) in [5.41, 5.74) is 2.10. The summed E-state index contributed by atoms with van der Waals surface area (Å²) in [6.07, 6.45) is 5.47. The van der Waals surface area contributed by atoms with Gasteiger partial charge in [-0.05, 0) is 43.7 Å². The van der Waals surface area contributed by atoms with Crippen LogP contribution in [0.15, 0.2) is 41.8 Å². The predicted molar refractivity (Wildman–Crippen MR) is 106 cm³/mol. The van der Waals surface area contributed by atoms with Crippen LogP contribution in [0.5, 0.6) is 0 Å². The van der Waals surface area contributed by atoms with Gasteiger partial charge in [0.15, 0.2) is 5.03 Å². The zero-order chi connectivity index (χ0) is 19.9.